The van der Waals surface area contributed by atoms with E-state index in [2.05, 4.69) is 10.6 Å². The Morgan fingerprint density at radius 3 is 2.71 bits per heavy atom. The van der Waals surface area contributed by atoms with Gasteiger partial charge in [0.2, 0.25) is 11.8 Å². The second-order valence-corrected chi connectivity index (χ2v) is 5.52. The largest absolute Gasteiger partial charge is 0.416 e. The molecule has 0 radical (unpaired) electrons. The summed E-state index contributed by atoms with van der Waals surface area (Å²) in [6.07, 6.45) is -4.36. The lowest BCUT2D eigenvalue weighted by molar-refractivity contribution is -0.137. The molecule has 0 fully saturated rings. The van der Waals surface area contributed by atoms with Crippen LogP contribution in [0.25, 0.3) is 0 Å². The third-order valence-corrected chi connectivity index (χ3v) is 3.63. The van der Waals surface area contributed by atoms with Gasteiger partial charge in [0.25, 0.3) is 0 Å². The van der Waals surface area contributed by atoms with Gasteiger partial charge >= 0.3 is 6.18 Å². The molecule has 124 valence electrons. The molecule has 1 aliphatic rings. The van der Waals surface area contributed by atoms with Crippen molar-refractivity contribution in [3.8, 4) is 0 Å². The van der Waals surface area contributed by atoms with Crippen LogP contribution in [-0.4, -0.2) is 11.8 Å². The summed E-state index contributed by atoms with van der Waals surface area (Å²) in [5.74, 6) is -0.538. The smallest absolute Gasteiger partial charge is 0.326 e. The minimum atomic E-state index is -4.44. The van der Waals surface area contributed by atoms with E-state index in [1.165, 1.54) is 12.1 Å². The lowest BCUT2D eigenvalue weighted by atomic mass is 10.1. The molecule has 1 aliphatic heterocycles. The average Bonchev–Trinajstić information content (AvgIpc) is 2.86. The van der Waals surface area contributed by atoms with Crippen molar-refractivity contribution in [2.45, 2.75) is 19.0 Å². The fraction of sp³-hybridized carbons (Fsp3) is 0.176. The Labute approximate surface area is 135 Å². The summed E-state index contributed by atoms with van der Waals surface area (Å²) in [4.78, 5) is 23.3. The number of fused-ring (bicyclic) bond motifs is 1. The van der Waals surface area contributed by atoms with Crippen LogP contribution in [0.3, 0.4) is 0 Å². The van der Waals surface area contributed by atoms with E-state index in [4.69, 9.17) is 0 Å². The maximum Gasteiger partial charge on any atom is 0.416 e. The fourth-order valence-electron chi connectivity index (χ4n) is 2.56. The van der Waals surface area contributed by atoms with E-state index in [0.717, 1.165) is 17.7 Å². The molecule has 0 saturated carbocycles. The first kappa shape index (κ1) is 16.0. The van der Waals surface area contributed by atoms with Gasteiger partial charge in [0.15, 0.2) is 0 Å². The molecule has 0 spiro atoms. The first-order chi connectivity index (χ1) is 11.3. The molecule has 0 bridgehead atoms. The van der Waals surface area contributed by atoms with Gasteiger partial charge in [-0.25, -0.2) is 0 Å². The maximum atomic E-state index is 12.7. The number of hydrogen-bond donors (Lipinski definition) is 2. The van der Waals surface area contributed by atoms with Gasteiger partial charge in [-0.3, -0.25) is 9.59 Å². The zero-order valence-corrected chi connectivity index (χ0v) is 12.4. The number of carbonyl (C=O) groups is 2. The predicted octanol–water partition coefficient (Wildman–Crippen LogP) is 3.38. The van der Waals surface area contributed by atoms with E-state index in [0.29, 0.717) is 11.4 Å². The minimum absolute atomic E-state index is 0.113. The zero-order valence-electron chi connectivity index (χ0n) is 12.4. The number of halogens is 3. The third-order valence-electron chi connectivity index (χ3n) is 3.63. The molecule has 4 nitrogen and oxygen atoms in total. The second kappa shape index (κ2) is 5.99. The summed E-state index contributed by atoms with van der Waals surface area (Å²) in [5, 5.41) is 5.31. The molecule has 2 N–H and O–H groups in total. The van der Waals surface area contributed by atoms with Crippen molar-refractivity contribution in [3.05, 3.63) is 59.2 Å². The number of anilines is 2. The van der Waals surface area contributed by atoms with E-state index in [1.807, 2.05) is 0 Å². The van der Waals surface area contributed by atoms with Gasteiger partial charge < -0.3 is 10.6 Å². The summed E-state index contributed by atoms with van der Waals surface area (Å²) in [6.45, 7) is 0. The number of nitrogens with one attached hydrogen (secondary N) is 2. The summed E-state index contributed by atoms with van der Waals surface area (Å²) < 4.78 is 38.0. The highest BCUT2D eigenvalue weighted by atomic mass is 19.4. The SMILES string of the molecule is O=C(Cc1cccc(C(F)(F)F)c1)Nc1ccc2c(c1)CC(=O)N2. The summed E-state index contributed by atoms with van der Waals surface area (Å²) in [5.41, 5.74) is 1.48. The molecule has 7 heteroatoms. The first-order valence-electron chi connectivity index (χ1n) is 7.20. The maximum absolute atomic E-state index is 12.7. The molecule has 0 aliphatic carbocycles. The van der Waals surface area contributed by atoms with Crippen LogP contribution in [0, 0.1) is 0 Å². The van der Waals surface area contributed by atoms with Crippen LogP contribution in [-0.2, 0) is 28.6 Å². The fourth-order valence-corrected chi connectivity index (χ4v) is 2.56. The molecule has 2 aromatic rings. The molecular weight excluding hydrogens is 321 g/mol. The molecule has 0 atom stereocenters. The average molecular weight is 334 g/mol. The molecule has 2 amide bonds. The van der Waals surface area contributed by atoms with E-state index in [9.17, 15) is 22.8 Å². The highest BCUT2D eigenvalue weighted by Gasteiger charge is 2.30. The Morgan fingerprint density at radius 1 is 1.17 bits per heavy atom. The summed E-state index contributed by atoms with van der Waals surface area (Å²) >= 11 is 0. The zero-order chi connectivity index (χ0) is 17.3. The second-order valence-electron chi connectivity index (χ2n) is 5.52. The number of amides is 2. The van der Waals surface area contributed by atoms with Crippen LogP contribution in [0.4, 0.5) is 24.5 Å². The van der Waals surface area contributed by atoms with Gasteiger partial charge in [0.1, 0.15) is 0 Å². The number of benzene rings is 2. The van der Waals surface area contributed by atoms with Crippen molar-refractivity contribution in [2.75, 3.05) is 10.6 Å². The van der Waals surface area contributed by atoms with E-state index < -0.39 is 17.6 Å². The third kappa shape index (κ3) is 3.56. The van der Waals surface area contributed by atoms with Crippen molar-refractivity contribution in [2.24, 2.45) is 0 Å². The number of hydrogen-bond acceptors (Lipinski definition) is 2. The molecule has 24 heavy (non-hydrogen) atoms. The molecule has 0 aromatic heterocycles. The lowest BCUT2D eigenvalue weighted by Gasteiger charge is -2.10. The summed E-state index contributed by atoms with van der Waals surface area (Å²) in [6, 6.07) is 9.67. The molecular formula is C17H13F3N2O2. The van der Waals surface area contributed by atoms with Gasteiger partial charge in [-0.15, -0.1) is 0 Å². The van der Waals surface area contributed by atoms with Crippen molar-refractivity contribution >= 4 is 23.2 Å². The van der Waals surface area contributed by atoms with Crippen LogP contribution < -0.4 is 10.6 Å². The topological polar surface area (TPSA) is 58.2 Å². The van der Waals surface area contributed by atoms with Gasteiger partial charge in [0, 0.05) is 11.4 Å². The van der Waals surface area contributed by atoms with Crippen LogP contribution in [0.5, 0.6) is 0 Å². The normalized spacial score (nSPS) is 13.4. The van der Waals surface area contributed by atoms with Crippen molar-refractivity contribution in [3.63, 3.8) is 0 Å². The molecule has 1 heterocycles. The van der Waals surface area contributed by atoms with Gasteiger partial charge in [-0.2, -0.15) is 13.2 Å². The Morgan fingerprint density at radius 2 is 1.96 bits per heavy atom. The molecule has 0 unspecified atom stereocenters. The highest BCUT2D eigenvalue weighted by Crippen LogP contribution is 2.30. The van der Waals surface area contributed by atoms with E-state index >= 15 is 0 Å². The van der Waals surface area contributed by atoms with Crippen molar-refractivity contribution in [1.82, 2.24) is 0 Å². The van der Waals surface area contributed by atoms with E-state index in [1.54, 1.807) is 18.2 Å². The number of rotatable bonds is 3. The Bertz CT molecular complexity index is 816. The molecule has 0 saturated heterocycles. The molecule has 2 aromatic carbocycles. The molecule has 3 rings (SSSR count). The van der Waals surface area contributed by atoms with Crippen LogP contribution >= 0.6 is 0 Å². The predicted molar refractivity (Wildman–Crippen MR) is 82.6 cm³/mol. The standard InChI is InChI=1S/C17H13F3N2O2/c18-17(19,20)12-3-1-2-10(6-12)7-15(23)21-13-4-5-14-11(8-13)9-16(24)22-14/h1-6,8H,7,9H2,(H,21,23)(H,22,24). The lowest BCUT2D eigenvalue weighted by Crippen LogP contribution is -2.15. The van der Waals surface area contributed by atoms with Crippen molar-refractivity contribution in [1.29, 1.82) is 0 Å². The monoisotopic (exact) mass is 334 g/mol. The Hall–Kier alpha value is -2.83. The number of carbonyl (C=O) groups excluding carboxylic acids is 2. The van der Waals surface area contributed by atoms with Crippen LogP contribution in [0.15, 0.2) is 42.5 Å². The van der Waals surface area contributed by atoms with Crippen LogP contribution in [0.2, 0.25) is 0 Å². The summed E-state index contributed by atoms with van der Waals surface area (Å²) in [7, 11) is 0. The quantitative estimate of drug-likeness (QED) is 0.904. The van der Waals surface area contributed by atoms with Gasteiger partial charge in [-0.1, -0.05) is 18.2 Å². The highest BCUT2D eigenvalue weighted by molar-refractivity contribution is 6.00. The van der Waals surface area contributed by atoms with Crippen molar-refractivity contribution < 1.29 is 22.8 Å². The van der Waals surface area contributed by atoms with Crippen LogP contribution in [0.1, 0.15) is 16.7 Å². The van der Waals surface area contributed by atoms with Gasteiger partial charge in [0.05, 0.1) is 18.4 Å². The minimum Gasteiger partial charge on any atom is -0.326 e. The first-order valence-corrected chi connectivity index (χ1v) is 7.20. The van der Waals surface area contributed by atoms with E-state index in [-0.39, 0.29) is 24.3 Å². The van der Waals surface area contributed by atoms with Gasteiger partial charge in [-0.05, 0) is 35.4 Å². The Balaban J connectivity index is 1.68. The number of alkyl halides is 3. The Kier molecular flexibility index (Phi) is 4.01.